The maximum Gasteiger partial charge on any atom is 0.142 e. The lowest BCUT2D eigenvalue weighted by atomic mass is 10.2. The molecule has 0 saturated heterocycles. The predicted octanol–water partition coefficient (Wildman–Crippen LogP) is 2.60. The van der Waals surface area contributed by atoms with Crippen molar-refractivity contribution in [2.45, 2.75) is 13.0 Å². The minimum absolute atomic E-state index is 0.135. The third kappa shape index (κ3) is 6.29. The Hall–Kier alpha value is -0.750. The monoisotopic (exact) mass is 304 g/mol. The van der Waals surface area contributed by atoms with Crippen molar-refractivity contribution >= 4 is 28.8 Å². The van der Waals surface area contributed by atoms with Gasteiger partial charge in [-0.3, -0.25) is 4.90 Å². The molecule has 0 atom stereocenters. The van der Waals surface area contributed by atoms with E-state index in [2.05, 4.69) is 4.90 Å². The average molecular weight is 305 g/mol. The number of methoxy groups -OCH3 is 1. The smallest absolute Gasteiger partial charge is 0.142 e. The minimum Gasteiger partial charge on any atom is -0.393 e. The molecule has 1 rings (SSSR count). The van der Waals surface area contributed by atoms with Gasteiger partial charge in [0, 0.05) is 33.2 Å². The van der Waals surface area contributed by atoms with E-state index < -0.39 is 5.82 Å². The van der Waals surface area contributed by atoms with E-state index in [1.807, 2.05) is 6.07 Å². The van der Waals surface area contributed by atoms with Gasteiger partial charge in [-0.15, -0.1) is 0 Å². The van der Waals surface area contributed by atoms with Crippen molar-refractivity contribution in [2.75, 3.05) is 26.8 Å². The number of nitrogens with zero attached hydrogens (tertiary/aromatic N) is 1. The minimum atomic E-state index is -0.403. The first-order valence-corrected chi connectivity index (χ1v) is 6.75. The number of rotatable bonds is 8. The van der Waals surface area contributed by atoms with Crippen LogP contribution in [0.15, 0.2) is 18.2 Å². The van der Waals surface area contributed by atoms with Crippen molar-refractivity contribution in [1.82, 2.24) is 4.90 Å². The molecule has 0 aliphatic rings. The molecule has 0 amide bonds. The number of nitrogens with two attached hydrogens (primary N) is 1. The van der Waals surface area contributed by atoms with Crippen LogP contribution in [0, 0.1) is 5.82 Å². The van der Waals surface area contributed by atoms with Crippen LogP contribution in [0.2, 0.25) is 5.02 Å². The van der Waals surface area contributed by atoms with Crippen LogP contribution in [-0.2, 0) is 11.3 Å². The molecule has 0 unspecified atom stereocenters. The van der Waals surface area contributed by atoms with Crippen molar-refractivity contribution in [3.05, 3.63) is 34.6 Å². The summed E-state index contributed by atoms with van der Waals surface area (Å²) < 4.78 is 18.4. The molecule has 0 saturated carbocycles. The average Bonchev–Trinajstić information content (AvgIpc) is 2.37. The molecule has 0 aliphatic carbocycles. The molecule has 106 valence electrons. The maximum atomic E-state index is 13.4. The first-order chi connectivity index (χ1) is 9.02. The zero-order chi connectivity index (χ0) is 14.3. The van der Waals surface area contributed by atoms with E-state index in [1.165, 1.54) is 6.07 Å². The van der Waals surface area contributed by atoms with Gasteiger partial charge in [-0.1, -0.05) is 29.9 Å². The summed E-state index contributed by atoms with van der Waals surface area (Å²) in [7, 11) is 1.65. The van der Waals surface area contributed by atoms with Crippen LogP contribution in [-0.4, -0.2) is 36.7 Å². The van der Waals surface area contributed by atoms with Gasteiger partial charge in [0.1, 0.15) is 5.82 Å². The molecule has 1 aromatic carbocycles. The van der Waals surface area contributed by atoms with E-state index in [9.17, 15) is 4.39 Å². The van der Waals surface area contributed by atoms with Crippen LogP contribution in [0.1, 0.15) is 12.0 Å². The number of halogens is 2. The zero-order valence-electron chi connectivity index (χ0n) is 10.9. The number of hydrogen-bond acceptors (Lipinski definition) is 3. The van der Waals surface area contributed by atoms with Gasteiger partial charge in [0.15, 0.2) is 0 Å². The van der Waals surface area contributed by atoms with Crippen LogP contribution in [0.5, 0.6) is 0 Å². The lowest BCUT2D eigenvalue weighted by Crippen LogP contribution is -2.30. The molecule has 0 fully saturated rings. The number of benzene rings is 1. The Morgan fingerprint density at radius 2 is 2.21 bits per heavy atom. The Balaban J connectivity index is 2.63. The van der Waals surface area contributed by atoms with Crippen LogP contribution in [0.3, 0.4) is 0 Å². The molecular formula is C13H18ClFN2OS. The van der Waals surface area contributed by atoms with Crippen molar-refractivity contribution in [2.24, 2.45) is 5.73 Å². The second kappa shape index (κ2) is 8.43. The second-order valence-corrected chi connectivity index (χ2v) is 5.17. The molecule has 1 aromatic rings. The van der Waals surface area contributed by atoms with Gasteiger partial charge in [0.05, 0.1) is 16.6 Å². The summed E-state index contributed by atoms with van der Waals surface area (Å²) in [5, 5.41) is 0.135. The fourth-order valence-corrected chi connectivity index (χ4v) is 1.86. The Morgan fingerprint density at radius 3 is 2.79 bits per heavy atom. The van der Waals surface area contributed by atoms with E-state index in [0.29, 0.717) is 24.6 Å². The molecule has 0 bridgehead atoms. The fourth-order valence-electron chi connectivity index (χ4n) is 1.65. The standard InChI is InChI=1S/C13H18ClFN2OS/c1-18-7-6-17(5-4-13(16)19)9-10-2-3-11(14)12(15)8-10/h2-3,8H,4-7,9H2,1H3,(H2,16,19). The number of ether oxygens (including phenoxy) is 1. The van der Waals surface area contributed by atoms with Gasteiger partial charge in [-0.25, -0.2) is 4.39 Å². The highest BCUT2D eigenvalue weighted by atomic mass is 35.5. The summed E-state index contributed by atoms with van der Waals surface area (Å²) in [6.45, 7) is 2.68. The first kappa shape index (κ1) is 16.3. The van der Waals surface area contributed by atoms with Crippen molar-refractivity contribution in [1.29, 1.82) is 0 Å². The highest BCUT2D eigenvalue weighted by molar-refractivity contribution is 7.80. The molecule has 0 aliphatic heterocycles. The first-order valence-electron chi connectivity index (χ1n) is 5.96. The van der Waals surface area contributed by atoms with E-state index >= 15 is 0 Å². The van der Waals surface area contributed by atoms with E-state index in [1.54, 1.807) is 13.2 Å². The predicted molar refractivity (Wildman–Crippen MR) is 80.0 cm³/mol. The Labute approximate surface area is 123 Å². The summed E-state index contributed by atoms with van der Waals surface area (Å²) in [5.41, 5.74) is 6.36. The topological polar surface area (TPSA) is 38.5 Å². The van der Waals surface area contributed by atoms with Gasteiger partial charge in [0.25, 0.3) is 0 Å². The van der Waals surface area contributed by atoms with Crippen molar-refractivity contribution in [3.8, 4) is 0 Å². The van der Waals surface area contributed by atoms with Gasteiger partial charge >= 0.3 is 0 Å². The molecule has 0 heterocycles. The van der Waals surface area contributed by atoms with Gasteiger partial charge in [-0.05, 0) is 17.7 Å². The molecule has 0 aromatic heterocycles. The van der Waals surface area contributed by atoms with Crippen LogP contribution in [0.25, 0.3) is 0 Å². The van der Waals surface area contributed by atoms with E-state index in [4.69, 9.17) is 34.3 Å². The van der Waals surface area contributed by atoms with E-state index in [-0.39, 0.29) is 5.02 Å². The molecule has 2 N–H and O–H groups in total. The Kier molecular flexibility index (Phi) is 7.23. The Morgan fingerprint density at radius 1 is 1.47 bits per heavy atom. The van der Waals surface area contributed by atoms with Crippen molar-refractivity contribution in [3.63, 3.8) is 0 Å². The third-order valence-electron chi connectivity index (χ3n) is 2.68. The molecule has 0 spiro atoms. The SMILES string of the molecule is COCCN(CCC(N)=S)Cc1ccc(Cl)c(F)c1. The summed E-state index contributed by atoms with van der Waals surface area (Å²) >= 11 is 10.5. The van der Waals surface area contributed by atoms with Gasteiger partial charge < -0.3 is 10.5 Å². The summed E-state index contributed by atoms with van der Waals surface area (Å²) in [5.74, 6) is -0.403. The summed E-state index contributed by atoms with van der Waals surface area (Å²) in [6.07, 6.45) is 0.634. The molecular weight excluding hydrogens is 287 g/mol. The lowest BCUT2D eigenvalue weighted by Gasteiger charge is -2.21. The highest BCUT2D eigenvalue weighted by Crippen LogP contribution is 2.16. The normalized spacial score (nSPS) is 10.9. The summed E-state index contributed by atoms with van der Waals surface area (Å²) in [6, 6.07) is 4.82. The van der Waals surface area contributed by atoms with Crippen molar-refractivity contribution < 1.29 is 9.13 Å². The second-order valence-electron chi connectivity index (χ2n) is 4.23. The van der Waals surface area contributed by atoms with Crippen LogP contribution in [0.4, 0.5) is 4.39 Å². The molecule has 6 heteroatoms. The van der Waals surface area contributed by atoms with Crippen LogP contribution >= 0.6 is 23.8 Å². The number of hydrogen-bond donors (Lipinski definition) is 1. The molecule has 0 radical (unpaired) electrons. The number of thiocarbonyl (C=S) groups is 1. The third-order valence-corrected chi connectivity index (χ3v) is 3.19. The fraction of sp³-hybridized carbons (Fsp3) is 0.462. The quantitative estimate of drug-likeness (QED) is 0.749. The van der Waals surface area contributed by atoms with Gasteiger partial charge in [0.2, 0.25) is 0 Å². The van der Waals surface area contributed by atoms with E-state index in [0.717, 1.165) is 18.7 Å². The highest BCUT2D eigenvalue weighted by Gasteiger charge is 2.08. The lowest BCUT2D eigenvalue weighted by molar-refractivity contribution is 0.146. The summed E-state index contributed by atoms with van der Waals surface area (Å²) in [4.78, 5) is 2.59. The molecule has 3 nitrogen and oxygen atoms in total. The maximum absolute atomic E-state index is 13.4. The van der Waals surface area contributed by atoms with Gasteiger partial charge in [-0.2, -0.15) is 0 Å². The largest absolute Gasteiger partial charge is 0.393 e. The molecule has 19 heavy (non-hydrogen) atoms. The Bertz CT molecular complexity index is 431. The zero-order valence-corrected chi connectivity index (χ0v) is 12.4. The van der Waals surface area contributed by atoms with Crippen LogP contribution < -0.4 is 5.73 Å².